The summed E-state index contributed by atoms with van der Waals surface area (Å²) in [6.07, 6.45) is 6.49. The zero-order valence-corrected chi connectivity index (χ0v) is 18.3. The Morgan fingerprint density at radius 2 is 1.68 bits per heavy atom. The van der Waals surface area contributed by atoms with Crippen LogP contribution in [0.4, 0.5) is 0 Å². The van der Waals surface area contributed by atoms with Crippen molar-refractivity contribution in [3.8, 4) is 11.4 Å². The van der Waals surface area contributed by atoms with Crippen molar-refractivity contribution in [1.29, 1.82) is 0 Å². The number of benzene rings is 1. The van der Waals surface area contributed by atoms with Crippen LogP contribution in [0.15, 0.2) is 42.7 Å². The number of rotatable bonds is 7. The Kier molecular flexibility index (Phi) is 6.52. The van der Waals surface area contributed by atoms with Gasteiger partial charge in [-0.3, -0.25) is 14.5 Å². The van der Waals surface area contributed by atoms with Gasteiger partial charge in [-0.25, -0.2) is 17.7 Å². The summed E-state index contributed by atoms with van der Waals surface area (Å²) in [5.41, 5.74) is 1.06. The lowest BCUT2D eigenvalue weighted by Gasteiger charge is -2.32. The summed E-state index contributed by atoms with van der Waals surface area (Å²) in [5.74, 6) is 0.564. The summed E-state index contributed by atoms with van der Waals surface area (Å²) in [4.78, 5) is 29.4. The third-order valence-corrected chi connectivity index (χ3v) is 7.98. The fourth-order valence-corrected chi connectivity index (χ4v) is 5.78. The summed E-state index contributed by atoms with van der Waals surface area (Å²) in [5, 5.41) is 0. The van der Waals surface area contributed by atoms with Gasteiger partial charge in [0.2, 0.25) is 21.8 Å². The highest BCUT2D eigenvalue weighted by molar-refractivity contribution is 7.89. The number of piperidine rings is 2. The maximum Gasteiger partial charge on any atom is 0.229 e. The van der Waals surface area contributed by atoms with Gasteiger partial charge < -0.3 is 4.57 Å². The normalized spacial score (nSPS) is 19.2. The molecule has 0 N–H and O–H groups in total. The predicted octanol–water partition coefficient (Wildman–Crippen LogP) is 2.13. The van der Waals surface area contributed by atoms with E-state index in [1.54, 1.807) is 6.20 Å². The van der Waals surface area contributed by atoms with Gasteiger partial charge in [-0.15, -0.1) is 0 Å². The smallest absolute Gasteiger partial charge is 0.229 e. The molecule has 8 nitrogen and oxygen atoms in total. The van der Waals surface area contributed by atoms with Gasteiger partial charge in [-0.05, 0) is 25.2 Å². The van der Waals surface area contributed by atoms with E-state index in [4.69, 9.17) is 0 Å². The Hall–Kier alpha value is -2.52. The molecule has 0 aliphatic carbocycles. The van der Waals surface area contributed by atoms with Gasteiger partial charge in [-0.2, -0.15) is 0 Å². The van der Waals surface area contributed by atoms with E-state index in [-0.39, 0.29) is 24.1 Å². The third kappa shape index (κ3) is 5.04. The highest BCUT2D eigenvalue weighted by atomic mass is 32.2. The number of imidazole rings is 1. The molecule has 31 heavy (non-hydrogen) atoms. The van der Waals surface area contributed by atoms with Crippen molar-refractivity contribution < 1.29 is 18.0 Å². The number of likely N-dealkylation sites (tertiary alicyclic amines) is 1. The molecule has 0 radical (unpaired) electrons. The number of amides is 2. The van der Waals surface area contributed by atoms with Crippen LogP contribution in [-0.4, -0.2) is 64.4 Å². The van der Waals surface area contributed by atoms with Gasteiger partial charge in [0.25, 0.3) is 0 Å². The Bertz CT molecular complexity index is 1010. The molecular formula is C22H28N4O4S. The van der Waals surface area contributed by atoms with Crippen LogP contribution in [-0.2, 0) is 26.2 Å². The molecule has 0 spiro atoms. The molecule has 2 aliphatic heterocycles. The van der Waals surface area contributed by atoms with Crippen LogP contribution in [0, 0.1) is 5.92 Å². The summed E-state index contributed by atoms with van der Waals surface area (Å²) in [6, 6.07) is 10.0. The molecule has 2 saturated heterocycles. The number of hydrogen-bond acceptors (Lipinski definition) is 5. The molecule has 9 heteroatoms. The monoisotopic (exact) mass is 444 g/mol. The number of hydrogen-bond donors (Lipinski definition) is 0. The number of nitrogens with zero attached hydrogens (tertiary/aromatic N) is 4. The molecule has 1 aromatic carbocycles. The first-order valence-corrected chi connectivity index (χ1v) is 12.4. The summed E-state index contributed by atoms with van der Waals surface area (Å²) in [6.45, 7) is 1.68. The fraction of sp³-hybridized carbons (Fsp3) is 0.500. The minimum absolute atomic E-state index is 0.0462. The van der Waals surface area contributed by atoms with Crippen molar-refractivity contribution >= 4 is 21.8 Å². The Labute approximate surface area is 182 Å². The van der Waals surface area contributed by atoms with Crippen LogP contribution < -0.4 is 0 Å². The SMILES string of the molecule is O=C1CCCC(=O)N1CCS(=O)(=O)N1CCC(Cn2ccnc2-c2ccccc2)CC1. The standard InChI is InChI=1S/C22H28N4O4S/c27-20-7-4-8-21(28)26(20)15-16-31(29,30)25-12-9-18(10-13-25)17-24-14-11-23-22(24)19-5-2-1-3-6-19/h1-3,5-6,11,14,18H,4,7-10,12-13,15-17H2. The molecule has 2 amide bonds. The topological polar surface area (TPSA) is 92.6 Å². The highest BCUT2D eigenvalue weighted by Crippen LogP contribution is 2.25. The maximum atomic E-state index is 12.8. The van der Waals surface area contributed by atoms with Crippen molar-refractivity contribution in [3.05, 3.63) is 42.7 Å². The lowest BCUT2D eigenvalue weighted by molar-refractivity contribution is -0.147. The quantitative estimate of drug-likeness (QED) is 0.610. The molecular weight excluding hydrogens is 416 g/mol. The van der Waals surface area contributed by atoms with E-state index in [1.807, 2.05) is 36.5 Å². The minimum Gasteiger partial charge on any atom is -0.331 e. The average Bonchev–Trinajstić information content (AvgIpc) is 3.22. The van der Waals surface area contributed by atoms with Crippen LogP contribution in [0.1, 0.15) is 32.1 Å². The van der Waals surface area contributed by atoms with Crippen LogP contribution >= 0.6 is 0 Å². The zero-order valence-electron chi connectivity index (χ0n) is 17.5. The summed E-state index contributed by atoms with van der Waals surface area (Å²) < 4.78 is 29.2. The Morgan fingerprint density at radius 1 is 1.00 bits per heavy atom. The van der Waals surface area contributed by atoms with E-state index in [0.717, 1.165) is 35.7 Å². The van der Waals surface area contributed by atoms with Gasteiger partial charge in [0.05, 0.1) is 5.75 Å². The second-order valence-corrected chi connectivity index (χ2v) is 10.3. The summed E-state index contributed by atoms with van der Waals surface area (Å²) >= 11 is 0. The molecule has 4 rings (SSSR count). The number of sulfonamides is 1. The van der Waals surface area contributed by atoms with Crippen molar-refractivity contribution in [3.63, 3.8) is 0 Å². The minimum atomic E-state index is -3.50. The maximum absolute atomic E-state index is 12.8. The predicted molar refractivity (Wildman–Crippen MR) is 116 cm³/mol. The van der Waals surface area contributed by atoms with E-state index in [9.17, 15) is 18.0 Å². The molecule has 3 heterocycles. The summed E-state index contributed by atoms with van der Waals surface area (Å²) in [7, 11) is -3.50. The molecule has 2 aromatic rings. The van der Waals surface area contributed by atoms with E-state index >= 15 is 0 Å². The van der Waals surface area contributed by atoms with E-state index in [0.29, 0.717) is 38.3 Å². The highest BCUT2D eigenvalue weighted by Gasteiger charge is 2.31. The molecule has 2 aliphatic rings. The van der Waals surface area contributed by atoms with Crippen molar-refractivity contribution in [2.75, 3.05) is 25.4 Å². The average molecular weight is 445 g/mol. The molecule has 166 valence electrons. The van der Waals surface area contributed by atoms with Gasteiger partial charge in [0.15, 0.2) is 0 Å². The van der Waals surface area contributed by atoms with Gasteiger partial charge in [0.1, 0.15) is 5.82 Å². The molecule has 0 saturated carbocycles. The van der Waals surface area contributed by atoms with Crippen LogP contribution in [0.25, 0.3) is 11.4 Å². The lowest BCUT2D eigenvalue weighted by Crippen LogP contribution is -2.46. The zero-order chi connectivity index (χ0) is 21.8. The number of carbonyl (C=O) groups is 2. The van der Waals surface area contributed by atoms with E-state index in [1.165, 1.54) is 4.31 Å². The van der Waals surface area contributed by atoms with Gasteiger partial charge >= 0.3 is 0 Å². The van der Waals surface area contributed by atoms with Crippen LogP contribution in [0.5, 0.6) is 0 Å². The Balaban J connectivity index is 1.31. The first kappa shape index (κ1) is 21.7. The molecule has 0 bridgehead atoms. The number of aromatic nitrogens is 2. The van der Waals surface area contributed by atoms with Crippen molar-refractivity contribution in [2.45, 2.75) is 38.6 Å². The molecule has 1 aromatic heterocycles. The lowest BCUT2D eigenvalue weighted by atomic mass is 9.98. The van der Waals surface area contributed by atoms with Crippen molar-refractivity contribution in [2.24, 2.45) is 5.92 Å². The van der Waals surface area contributed by atoms with Gasteiger partial charge in [0, 0.05) is 57.0 Å². The molecule has 0 unspecified atom stereocenters. The van der Waals surface area contributed by atoms with Crippen molar-refractivity contribution in [1.82, 2.24) is 18.8 Å². The third-order valence-electron chi connectivity index (χ3n) is 6.13. The van der Waals surface area contributed by atoms with Gasteiger partial charge in [-0.1, -0.05) is 30.3 Å². The second kappa shape index (κ2) is 9.32. The molecule has 2 fully saturated rings. The second-order valence-electron chi connectivity index (χ2n) is 8.22. The first-order chi connectivity index (χ1) is 14.9. The number of carbonyl (C=O) groups excluding carboxylic acids is 2. The fourth-order valence-electron chi connectivity index (χ4n) is 4.34. The van der Waals surface area contributed by atoms with E-state index in [2.05, 4.69) is 9.55 Å². The largest absolute Gasteiger partial charge is 0.331 e. The number of imide groups is 1. The first-order valence-electron chi connectivity index (χ1n) is 10.8. The van der Waals surface area contributed by atoms with E-state index < -0.39 is 10.0 Å². The Morgan fingerprint density at radius 3 is 2.35 bits per heavy atom. The van der Waals surface area contributed by atoms with Crippen LogP contribution in [0.2, 0.25) is 0 Å². The van der Waals surface area contributed by atoms with Crippen LogP contribution in [0.3, 0.4) is 0 Å². The molecule has 0 atom stereocenters.